The van der Waals surface area contributed by atoms with Crippen LogP contribution in [0.5, 0.6) is 0 Å². The van der Waals surface area contributed by atoms with Crippen LogP contribution in [0.15, 0.2) is 92.4 Å². The Kier molecular flexibility index (Phi) is 6.68. The third-order valence-corrected chi connectivity index (χ3v) is 9.81. The number of thiophene rings is 1. The predicted octanol–water partition coefficient (Wildman–Crippen LogP) is 5.27. The van der Waals surface area contributed by atoms with Crippen molar-refractivity contribution in [2.75, 3.05) is 9.44 Å². The van der Waals surface area contributed by atoms with Crippen molar-refractivity contribution in [3.63, 3.8) is 0 Å². The van der Waals surface area contributed by atoms with Crippen LogP contribution < -0.4 is 15.2 Å². The lowest BCUT2D eigenvalue weighted by Crippen LogP contribution is -2.13. The quantitative estimate of drug-likeness (QED) is 0.229. The fourth-order valence-electron chi connectivity index (χ4n) is 3.46. The van der Waals surface area contributed by atoms with Gasteiger partial charge in [-0.3, -0.25) is 9.44 Å². The summed E-state index contributed by atoms with van der Waals surface area (Å²) in [6, 6.07) is 20.6. The van der Waals surface area contributed by atoms with E-state index >= 15 is 0 Å². The van der Waals surface area contributed by atoms with Gasteiger partial charge in [-0.05, 0) is 72.3 Å². The molecule has 0 aliphatic heterocycles. The third-order valence-electron chi connectivity index (χ3n) is 5.31. The number of nitrogens with two attached hydrogens (primary N) is 1. The summed E-state index contributed by atoms with van der Waals surface area (Å²) < 4.78 is 61.8. The van der Waals surface area contributed by atoms with Crippen LogP contribution in [-0.2, 0) is 26.6 Å². The van der Waals surface area contributed by atoms with Gasteiger partial charge in [0.05, 0.1) is 14.9 Å². The van der Waals surface area contributed by atoms with Crippen LogP contribution in [0.1, 0.15) is 5.56 Å². The van der Waals surface area contributed by atoms with Crippen molar-refractivity contribution in [2.45, 2.75) is 15.6 Å². The van der Waals surface area contributed by atoms with Crippen molar-refractivity contribution in [3.05, 3.63) is 88.8 Å². The molecule has 2 heterocycles. The van der Waals surface area contributed by atoms with E-state index in [1.54, 1.807) is 54.6 Å². The largest absolute Gasteiger partial charge is 0.436 e. The first kappa shape index (κ1) is 25.2. The Hall–Kier alpha value is -3.42. The molecule has 190 valence electrons. The van der Waals surface area contributed by atoms with Crippen molar-refractivity contribution < 1.29 is 21.3 Å². The molecule has 2 aromatic heterocycles. The Morgan fingerprint density at radius 3 is 2.16 bits per heavy atom. The Morgan fingerprint density at radius 1 is 0.838 bits per heavy atom. The van der Waals surface area contributed by atoms with Crippen LogP contribution in [0, 0.1) is 0 Å². The summed E-state index contributed by atoms with van der Waals surface area (Å²) >= 11 is 6.81. The molecule has 0 unspecified atom stereocenters. The Bertz CT molecular complexity index is 1800. The normalized spacial score (nSPS) is 12.1. The molecule has 13 heteroatoms. The fraction of sp³-hybridized carbons (Fsp3) is 0.0417. The maximum Gasteiger partial charge on any atom is 0.271 e. The number of benzene rings is 3. The van der Waals surface area contributed by atoms with Crippen molar-refractivity contribution in [1.82, 2.24) is 4.98 Å². The molecule has 3 aromatic carbocycles. The van der Waals surface area contributed by atoms with Gasteiger partial charge in [-0.25, -0.2) is 21.8 Å². The highest BCUT2D eigenvalue weighted by Crippen LogP contribution is 2.30. The topological polar surface area (TPSA) is 144 Å². The highest BCUT2D eigenvalue weighted by molar-refractivity contribution is 7.94. The van der Waals surface area contributed by atoms with Gasteiger partial charge in [0.1, 0.15) is 9.73 Å². The van der Waals surface area contributed by atoms with Gasteiger partial charge in [0.2, 0.25) is 5.89 Å². The van der Waals surface area contributed by atoms with E-state index in [4.69, 9.17) is 21.8 Å². The van der Waals surface area contributed by atoms with Crippen molar-refractivity contribution in [1.29, 1.82) is 0 Å². The van der Waals surface area contributed by atoms with Crippen molar-refractivity contribution in [3.8, 4) is 11.5 Å². The first-order valence-corrected chi connectivity index (χ1v) is 14.9. The van der Waals surface area contributed by atoms with Crippen LogP contribution >= 0.6 is 22.9 Å². The number of nitrogens with zero attached hydrogens (tertiary/aromatic N) is 1. The summed E-state index contributed by atoms with van der Waals surface area (Å²) in [6.07, 6.45) is 0. The number of anilines is 2. The standard InChI is InChI=1S/C24H19ClN4O5S3/c25-22-11-12-23(35-22)37(32,33)29-18-7-10-21-20(13-18)27-24(34-21)16-3-5-17(6-4-16)28-36(30,31)19-8-1-15(14-26)2-9-19/h1-13,28-29H,14,26H2. The molecule has 0 saturated carbocycles. The number of sulfonamides is 2. The molecule has 0 aliphatic carbocycles. The zero-order valence-electron chi connectivity index (χ0n) is 18.9. The van der Waals surface area contributed by atoms with E-state index in [0.717, 1.165) is 16.9 Å². The van der Waals surface area contributed by atoms with E-state index in [0.29, 0.717) is 44.8 Å². The summed E-state index contributed by atoms with van der Waals surface area (Å²) in [5, 5.41) is 0. The summed E-state index contributed by atoms with van der Waals surface area (Å²) in [6.45, 7) is 0.326. The van der Waals surface area contributed by atoms with E-state index in [1.165, 1.54) is 24.3 Å². The molecule has 0 bridgehead atoms. The zero-order valence-corrected chi connectivity index (χ0v) is 22.1. The molecule has 9 nitrogen and oxygen atoms in total. The van der Waals surface area contributed by atoms with Gasteiger partial charge in [-0.15, -0.1) is 11.3 Å². The van der Waals surface area contributed by atoms with Crippen LogP contribution in [-0.4, -0.2) is 21.8 Å². The van der Waals surface area contributed by atoms with Gasteiger partial charge < -0.3 is 10.2 Å². The molecule has 0 amide bonds. The second kappa shape index (κ2) is 9.80. The monoisotopic (exact) mass is 574 g/mol. The van der Waals surface area contributed by atoms with Crippen molar-refractivity contribution in [2.24, 2.45) is 5.73 Å². The molecule has 0 saturated heterocycles. The van der Waals surface area contributed by atoms with Gasteiger partial charge in [0, 0.05) is 17.8 Å². The number of rotatable bonds is 8. The van der Waals surface area contributed by atoms with Crippen molar-refractivity contribution >= 4 is 65.5 Å². The number of hydrogen-bond donors (Lipinski definition) is 3. The van der Waals surface area contributed by atoms with Crippen LogP contribution in [0.2, 0.25) is 4.34 Å². The minimum absolute atomic E-state index is 0.0988. The smallest absolute Gasteiger partial charge is 0.271 e. The molecular formula is C24H19ClN4O5S3. The number of fused-ring (bicyclic) bond motifs is 1. The minimum Gasteiger partial charge on any atom is -0.436 e. The van der Waals surface area contributed by atoms with E-state index in [1.807, 2.05) is 0 Å². The molecule has 37 heavy (non-hydrogen) atoms. The number of halogens is 1. The minimum atomic E-state index is -3.79. The Labute approximate surface area is 222 Å². The summed E-state index contributed by atoms with van der Waals surface area (Å²) in [7, 11) is -7.55. The van der Waals surface area contributed by atoms with Gasteiger partial charge in [0.15, 0.2) is 5.58 Å². The summed E-state index contributed by atoms with van der Waals surface area (Å²) in [5.41, 5.74) is 8.61. The number of oxazole rings is 1. The SMILES string of the molecule is NCc1ccc(S(=O)(=O)Nc2ccc(-c3nc4cc(NS(=O)(=O)c5ccc(Cl)s5)ccc4o3)cc2)cc1. The van der Waals surface area contributed by atoms with E-state index in [-0.39, 0.29) is 9.10 Å². The van der Waals surface area contributed by atoms with E-state index < -0.39 is 20.0 Å². The molecular weight excluding hydrogens is 556 g/mol. The molecule has 5 aromatic rings. The average Bonchev–Trinajstić information content (AvgIpc) is 3.50. The first-order chi connectivity index (χ1) is 17.6. The van der Waals surface area contributed by atoms with E-state index in [9.17, 15) is 16.8 Å². The average molecular weight is 575 g/mol. The van der Waals surface area contributed by atoms with Crippen LogP contribution in [0.3, 0.4) is 0 Å². The molecule has 0 fully saturated rings. The van der Waals surface area contributed by atoms with Gasteiger partial charge in [-0.2, -0.15) is 0 Å². The highest BCUT2D eigenvalue weighted by atomic mass is 35.5. The predicted molar refractivity (Wildman–Crippen MR) is 145 cm³/mol. The lowest BCUT2D eigenvalue weighted by atomic mass is 10.2. The Balaban J connectivity index is 1.33. The second-order valence-corrected chi connectivity index (χ2v) is 13.2. The van der Waals surface area contributed by atoms with Crippen LogP contribution in [0.25, 0.3) is 22.6 Å². The molecule has 4 N–H and O–H groups in total. The molecule has 0 atom stereocenters. The van der Waals surface area contributed by atoms with Crippen LogP contribution in [0.4, 0.5) is 11.4 Å². The maximum absolute atomic E-state index is 12.7. The molecule has 0 aliphatic rings. The number of nitrogens with one attached hydrogen (secondary N) is 2. The van der Waals surface area contributed by atoms with E-state index in [2.05, 4.69) is 14.4 Å². The maximum atomic E-state index is 12.7. The molecule has 5 rings (SSSR count). The summed E-state index contributed by atoms with van der Waals surface area (Å²) in [4.78, 5) is 4.58. The zero-order chi connectivity index (χ0) is 26.2. The van der Waals surface area contributed by atoms with Gasteiger partial charge >= 0.3 is 0 Å². The molecule has 0 radical (unpaired) electrons. The fourth-order valence-corrected chi connectivity index (χ4v) is 7.05. The van der Waals surface area contributed by atoms with Gasteiger partial charge in [0.25, 0.3) is 20.0 Å². The third kappa shape index (κ3) is 5.48. The second-order valence-electron chi connectivity index (χ2n) is 7.90. The summed E-state index contributed by atoms with van der Waals surface area (Å²) in [5.74, 6) is 0.298. The lowest BCUT2D eigenvalue weighted by molar-refractivity contribution is 0.600. The Morgan fingerprint density at radius 2 is 1.51 bits per heavy atom. The first-order valence-electron chi connectivity index (χ1n) is 10.7. The number of aromatic nitrogens is 1. The molecule has 0 spiro atoms. The highest BCUT2D eigenvalue weighted by Gasteiger charge is 2.18. The van der Waals surface area contributed by atoms with Gasteiger partial charge in [-0.1, -0.05) is 23.7 Å². The number of hydrogen-bond acceptors (Lipinski definition) is 8. The lowest BCUT2D eigenvalue weighted by Gasteiger charge is -2.09.